The van der Waals surface area contributed by atoms with Gasteiger partial charge >= 0.3 is 11.8 Å². The molecule has 0 spiro atoms. The average Bonchev–Trinajstić information content (AvgIpc) is 2.27. The topological polar surface area (TPSA) is 82.3 Å². The molecular formula is C8H6F2N2O4. The normalized spacial score (nSPS) is 10.2. The van der Waals surface area contributed by atoms with Crippen molar-refractivity contribution in [2.24, 2.45) is 0 Å². The Morgan fingerprint density at radius 3 is 2.62 bits per heavy atom. The quantitative estimate of drug-likeness (QED) is 0.450. The summed E-state index contributed by atoms with van der Waals surface area (Å²) in [7, 11) is 1.02. The molecule has 1 aromatic rings. The Balaban J connectivity index is 3.29. The largest absolute Gasteiger partial charge is 0.463 e. The molecule has 0 unspecified atom stereocenters. The van der Waals surface area contributed by atoms with Crippen LogP contribution in [0.3, 0.4) is 0 Å². The van der Waals surface area contributed by atoms with Crippen molar-refractivity contribution in [1.82, 2.24) is 4.98 Å². The van der Waals surface area contributed by atoms with Gasteiger partial charge in [0.15, 0.2) is 0 Å². The Hall–Kier alpha value is -2.12. The van der Waals surface area contributed by atoms with Crippen molar-refractivity contribution in [2.45, 2.75) is 6.43 Å². The van der Waals surface area contributed by atoms with Gasteiger partial charge < -0.3 is 14.9 Å². The fraction of sp³-hybridized carbons (Fsp3) is 0.250. The molecule has 86 valence electrons. The van der Waals surface area contributed by atoms with Gasteiger partial charge in [-0.25, -0.2) is 13.6 Å². The molecule has 6 nitrogen and oxygen atoms in total. The zero-order chi connectivity index (χ0) is 12.3. The van der Waals surface area contributed by atoms with E-state index in [4.69, 9.17) is 0 Å². The van der Waals surface area contributed by atoms with Gasteiger partial charge in [-0.3, -0.25) is 0 Å². The van der Waals surface area contributed by atoms with Gasteiger partial charge in [-0.2, -0.15) is 0 Å². The number of esters is 1. The van der Waals surface area contributed by atoms with Crippen molar-refractivity contribution in [1.29, 1.82) is 0 Å². The molecule has 8 heteroatoms. The van der Waals surface area contributed by atoms with E-state index in [9.17, 15) is 23.7 Å². The van der Waals surface area contributed by atoms with Crippen LogP contribution in [0.4, 0.5) is 14.6 Å². The van der Waals surface area contributed by atoms with E-state index in [2.05, 4.69) is 9.72 Å². The Morgan fingerprint density at radius 2 is 2.19 bits per heavy atom. The van der Waals surface area contributed by atoms with Crippen LogP contribution in [0.25, 0.3) is 0 Å². The molecule has 0 fully saturated rings. The highest BCUT2D eigenvalue weighted by Gasteiger charge is 2.22. The number of halogens is 2. The molecule has 1 heterocycles. The van der Waals surface area contributed by atoms with Crippen molar-refractivity contribution in [2.75, 3.05) is 7.11 Å². The van der Waals surface area contributed by atoms with E-state index in [1.165, 1.54) is 0 Å². The van der Waals surface area contributed by atoms with Crippen LogP contribution >= 0.6 is 0 Å². The first kappa shape index (κ1) is 12.0. The molecule has 0 aliphatic heterocycles. The predicted molar refractivity (Wildman–Crippen MR) is 47.2 cm³/mol. The summed E-state index contributed by atoms with van der Waals surface area (Å²) in [6.45, 7) is 0. The maximum absolute atomic E-state index is 12.4. The third-order valence-corrected chi connectivity index (χ3v) is 1.67. The van der Waals surface area contributed by atoms with Gasteiger partial charge in [0, 0.05) is 17.7 Å². The Labute approximate surface area is 88.0 Å². The number of nitro groups is 1. The summed E-state index contributed by atoms with van der Waals surface area (Å²) in [5, 5.41) is 10.4. The molecule has 1 aromatic heterocycles. The lowest BCUT2D eigenvalue weighted by Crippen LogP contribution is -2.07. The van der Waals surface area contributed by atoms with Gasteiger partial charge in [-0.05, 0) is 9.91 Å². The summed E-state index contributed by atoms with van der Waals surface area (Å²) in [6.07, 6.45) is -2.93. The van der Waals surface area contributed by atoms with Gasteiger partial charge in [-0.15, -0.1) is 0 Å². The highest BCUT2D eigenvalue weighted by atomic mass is 19.3. The minimum atomic E-state index is -2.93. The van der Waals surface area contributed by atoms with E-state index in [1.807, 2.05) is 0 Å². The second-order valence-electron chi connectivity index (χ2n) is 2.69. The number of ether oxygens (including phenoxy) is 1. The van der Waals surface area contributed by atoms with Crippen molar-refractivity contribution in [3.05, 3.63) is 33.5 Å². The molecule has 0 aromatic carbocycles. The average molecular weight is 232 g/mol. The number of carbonyl (C=O) groups is 1. The van der Waals surface area contributed by atoms with Crippen LogP contribution in [-0.2, 0) is 4.74 Å². The maximum Gasteiger partial charge on any atom is 0.382 e. The Kier molecular flexibility index (Phi) is 3.44. The summed E-state index contributed by atoms with van der Waals surface area (Å²) in [5.41, 5.74) is -1.17. The number of hydrogen-bond donors (Lipinski definition) is 0. The van der Waals surface area contributed by atoms with Crippen molar-refractivity contribution < 1.29 is 23.2 Å². The van der Waals surface area contributed by atoms with E-state index in [0.717, 1.165) is 13.2 Å². The summed E-state index contributed by atoms with van der Waals surface area (Å²) in [6, 6.07) is 1.36. The number of alkyl halides is 2. The van der Waals surface area contributed by atoms with Crippen LogP contribution in [0.2, 0.25) is 0 Å². The first-order valence-electron chi connectivity index (χ1n) is 3.98. The first-order valence-corrected chi connectivity index (χ1v) is 3.98. The molecule has 16 heavy (non-hydrogen) atoms. The fourth-order valence-electron chi connectivity index (χ4n) is 0.965. The Bertz CT molecular complexity index is 436. The van der Waals surface area contributed by atoms with E-state index in [-0.39, 0.29) is 0 Å². The Morgan fingerprint density at radius 1 is 1.56 bits per heavy atom. The molecule has 0 aliphatic rings. The van der Waals surface area contributed by atoms with Crippen LogP contribution < -0.4 is 0 Å². The van der Waals surface area contributed by atoms with Crippen LogP contribution in [0.15, 0.2) is 12.1 Å². The summed E-state index contributed by atoms with van der Waals surface area (Å²) in [5.74, 6) is -1.83. The molecule has 0 N–H and O–H groups in total. The van der Waals surface area contributed by atoms with Crippen LogP contribution in [0, 0.1) is 10.1 Å². The standard InChI is InChI=1S/C8H6F2N2O4/c1-16-8(13)5-2-4(7(9)10)3-6(11-5)12(14)15/h2-3,7H,1H3. The smallest absolute Gasteiger partial charge is 0.382 e. The number of nitrogens with zero attached hydrogens (tertiary/aromatic N) is 2. The number of methoxy groups -OCH3 is 1. The first-order chi connectivity index (χ1) is 7.45. The maximum atomic E-state index is 12.4. The van der Waals surface area contributed by atoms with Crippen LogP contribution in [-0.4, -0.2) is 23.0 Å². The monoisotopic (exact) mass is 232 g/mol. The number of hydrogen-bond acceptors (Lipinski definition) is 5. The summed E-state index contributed by atoms with van der Waals surface area (Å²) < 4.78 is 28.9. The zero-order valence-electron chi connectivity index (χ0n) is 8.02. The number of pyridine rings is 1. The molecule has 0 atom stereocenters. The van der Waals surface area contributed by atoms with E-state index in [1.54, 1.807) is 0 Å². The van der Waals surface area contributed by atoms with Gasteiger partial charge in [0.25, 0.3) is 12.1 Å². The van der Waals surface area contributed by atoms with E-state index in [0.29, 0.717) is 6.07 Å². The lowest BCUT2D eigenvalue weighted by molar-refractivity contribution is -0.389. The lowest BCUT2D eigenvalue weighted by atomic mass is 10.2. The second kappa shape index (κ2) is 4.60. The highest BCUT2D eigenvalue weighted by Crippen LogP contribution is 2.23. The van der Waals surface area contributed by atoms with E-state index < -0.39 is 34.4 Å². The SMILES string of the molecule is COC(=O)c1cc(C(F)F)cc([N+](=O)[O-])n1. The minimum Gasteiger partial charge on any atom is -0.463 e. The van der Waals surface area contributed by atoms with Gasteiger partial charge in [0.05, 0.1) is 7.11 Å². The van der Waals surface area contributed by atoms with Gasteiger partial charge in [-0.1, -0.05) is 0 Å². The van der Waals surface area contributed by atoms with Crippen LogP contribution in [0.5, 0.6) is 0 Å². The molecule has 0 aliphatic carbocycles. The zero-order valence-corrected chi connectivity index (χ0v) is 8.02. The fourth-order valence-corrected chi connectivity index (χ4v) is 0.965. The van der Waals surface area contributed by atoms with Crippen molar-refractivity contribution in [3.63, 3.8) is 0 Å². The predicted octanol–water partition coefficient (Wildman–Crippen LogP) is 1.71. The molecular weight excluding hydrogens is 226 g/mol. The number of carbonyl (C=O) groups excluding carboxylic acids is 1. The van der Waals surface area contributed by atoms with Crippen LogP contribution in [0.1, 0.15) is 22.5 Å². The summed E-state index contributed by atoms with van der Waals surface area (Å²) >= 11 is 0. The molecule has 0 saturated carbocycles. The van der Waals surface area contributed by atoms with Crippen molar-refractivity contribution >= 4 is 11.8 Å². The molecule has 0 saturated heterocycles. The van der Waals surface area contributed by atoms with E-state index >= 15 is 0 Å². The summed E-state index contributed by atoms with van der Waals surface area (Å²) in [4.78, 5) is 23.7. The molecule has 1 rings (SSSR count). The third-order valence-electron chi connectivity index (χ3n) is 1.67. The van der Waals surface area contributed by atoms with Gasteiger partial charge in [0.2, 0.25) is 0 Å². The van der Waals surface area contributed by atoms with Gasteiger partial charge in [0.1, 0.15) is 0 Å². The van der Waals surface area contributed by atoms with Crippen molar-refractivity contribution in [3.8, 4) is 0 Å². The molecule has 0 bridgehead atoms. The number of rotatable bonds is 3. The lowest BCUT2D eigenvalue weighted by Gasteiger charge is -2.00. The minimum absolute atomic E-state index is 0.521. The third kappa shape index (κ3) is 2.47. The highest BCUT2D eigenvalue weighted by molar-refractivity contribution is 5.87. The molecule has 0 amide bonds. The molecule has 0 radical (unpaired) electrons. The second-order valence-corrected chi connectivity index (χ2v) is 2.69. The number of aromatic nitrogens is 1.